The van der Waals surface area contributed by atoms with E-state index in [0.717, 1.165) is 90.5 Å². The summed E-state index contributed by atoms with van der Waals surface area (Å²) in [6.45, 7) is 10.8. The molecule has 4 heterocycles. The van der Waals surface area contributed by atoms with E-state index in [1.165, 1.54) is 25.5 Å². The molecule has 3 N–H and O–H groups in total. The summed E-state index contributed by atoms with van der Waals surface area (Å²) in [5.41, 5.74) is 4.68. The quantitative estimate of drug-likeness (QED) is 0.291. The lowest BCUT2D eigenvalue weighted by Gasteiger charge is -2.35. The summed E-state index contributed by atoms with van der Waals surface area (Å²) in [5.74, 6) is 1.61. The summed E-state index contributed by atoms with van der Waals surface area (Å²) in [6.07, 6.45) is 8.91. The molecule has 216 valence electrons. The fourth-order valence-electron chi connectivity index (χ4n) is 5.69. The van der Waals surface area contributed by atoms with Gasteiger partial charge in [-0.15, -0.1) is 0 Å². The number of allylic oxidation sites excluding steroid dienone is 1. The van der Waals surface area contributed by atoms with Gasteiger partial charge in [-0.1, -0.05) is 25.1 Å². The van der Waals surface area contributed by atoms with Gasteiger partial charge in [0.2, 0.25) is 0 Å². The van der Waals surface area contributed by atoms with Gasteiger partial charge in [0.05, 0.1) is 0 Å². The molecule has 3 aromatic rings. The molecule has 2 aliphatic rings. The van der Waals surface area contributed by atoms with E-state index in [1.807, 2.05) is 31.4 Å². The number of rotatable bonds is 11. The van der Waals surface area contributed by atoms with Gasteiger partial charge in [0.15, 0.2) is 0 Å². The van der Waals surface area contributed by atoms with Crippen LogP contribution < -0.4 is 15.5 Å². The van der Waals surface area contributed by atoms with Crippen LogP contribution in [0.1, 0.15) is 30.4 Å². The molecular formula is C32H41FN8. The van der Waals surface area contributed by atoms with Crippen LogP contribution in [-0.4, -0.2) is 92.1 Å². The van der Waals surface area contributed by atoms with Crippen molar-refractivity contribution in [3.63, 3.8) is 0 Å². The molecule has 0 unspecified atom stereocenters. The normalized spacial score (nSPS) is 17.3. The standard InChI is InChI=1S/C32H41FN8/c1-24(25-8-10-36-32(20-25)41-16-14-39(13-9-33)15-17-41)38-31-19-28-18-26(6-7-27(28)22-37-31)29(21-34)30(35-2)23-40-11-4-3-5-12-40/h6-8,10,18-22,34-35H,1,3-5,9,11-17,23H2,2H3,(H,37,38)/b30-29+,34-21?. The van der Waals surface area contributed by atoms with Gasteiger partial charge in [-0.2, -0.15) is 0 Å². The SMILES string of the molecule is C=C(Nc1cc2cc(/C(C=N)=C(\CN3CCCCC3)NC)ccc2cn1)c1ccnc(N2CCN(CCF)CC2)c1. The van der Waals surface area contributed by atoms with Gasteiger partial charge in [-0.25, -0.2) is 14.4 Å². The number of piperazine rings is 1. The Kier molecular flexibility index (Phi) is 9.59. The summed E-state index contributed by atoms with van der Waals surface area (Å²) in [5, 5.41) is 17.0. The number of likely N-dealkylation sites (N-methyl/N-ethyl adjacent to an activating group) is 1. The summed E-state index contributed by atoms with van der Waals surface area (Å²) in [6, 6.07) is 12.3. The smallest absolute Gasteiger partial charge is 0.130 e. The van der Waals surface area contributed by atoms with Crippen LogP contribution in [0.2, 0.25) is 0 Å². The van der Waals surface area contributed by atoms with E-state index in [9.17, 15) is 4.39 Å². The van der Waals surface area contributed by atoms with Crippen molar-refractivity contribution in [2.45, 2.75) is 19.3 Å². The fraction of sp³-hybridized carbons (Fsp3) is 0.406. The maximum Gasteiger partial charge on any atom is 0.130 e. The molecule has 0 bridgehead atoms. The summed E-state index contributed by atoms with van der Waals surface area (Å²) >= 11 is 0. The van der Waals surface area contributed by atoms with E-state index < -0.39 is 0 Å². The molecule has 9 heteroatoms. The summed E-state index contributed by atoms with van der Waals surface area (Å²) < 4.78 is 12.7. The van der Waals surface area contributed by atoms with Gasteiger partial charge >= 0.3 is 0 Å². The van der Waals surface area contributed by atoms with E-state index in [-0.39, 0.29) is 6.67 Å². The molecule has 0 aliphatic carbocycles. The number of alkyl halides is 1. The Morgan fingerprint density at radius 2 is 1.76 bits per heavy atom. The number of hydrogen-bond acceptors (Lipinski definition) is 8. The average molecular weight is 557 g/mol. The zero-order chi connectivity index (χ0) is 28.6. The van der Waals surface area contributed by atoms with Crippen molar-refractivity contribution in [2.24, 2.45) is 0 Å². The van der Waals surface area contributed by atoms with Crippen molar-refractivity contribution in [1.29, 1.82) is 5.41 Å². The number of anilines is 2. The number of benzene rings is 1. The third-order valence-electron chi connectivity index (χ3n) is 8.10. The topological polar surface area (TPSA) is 83.4 Å². The molecule has 0 saturated carbocycles. The molecular weight excluding hydrogens is 515 g/mol. The van der Waals surface area contributed by atoms with E-state index in [0.29, 0.717) is 12.4 Å². The van der Waals surface area contributed by atoms with Gasteiger partial charge in [0.25, 0.3) is 0 Å². The van der Waals surface area contributed by atoms with Gasteiger partial charge in [-0.05, 0) is 61.1 Å². The molecule has 2 saturated heterocycles. The van der Waals surface area contributed by atoms with Crippen LogP contribution in [0.25, 0.3) is 22.0 Å². The maximum absolute atomic E-state index is 12.7. The molecule has 0 amide bonds. The number of hydrogen-bond donors (Lipinski definition) is 3. The van der Waals surface area contributed by atoms with Crippen molar-refractivity contribution >= 4 is 39.9 Å². The molecule has 5 rings (SSSR count). The van der Waals surface area contributed by atoms with Crippen molar-refractivity contribution in [2.75, 3.05) is 76.3 Å². The lowest BCUT2D eigenvalue weighted by atomic mass is 10.0. The molecule has 2 aromatic heterocycles. The first-order chi connectivity index (χ1) is 20.1. The van der Waals surface area contributed by atoms with Crippen molar-refractivity contribution < 1.29 is 4.39 Å². The molecule has 2 aliphatic heterocycles. The Labute approximate surface area is 242 Å². The second-order valence-electron chi connectivity index (χ2n) is 10.8. The zero-order valence-corrected chi connectivity index (χ0v) is 24.0. The highest BCUT2D eigenvalue weighted by molar-refractivity contribution is 6.10. The third kappa shape index (κ3) is 7.10. The number of piperidine rings is 1. The number of aromatic nitrogens is 2. The minimum absolute atomic E-state index is 0.306. The van der Waals surface area contributed by atoms with Crippen molar-refractivity contribution in [3.05, 3.63) is 72.2 Å². The fourth-order valence-corrected chi connectivity index (χ4v) is 5.69. The Hall–Kier alpha value is -3.82. The molecule has 1 aromatic carbocycles. The monoisotopic (exact) mass is 556 g/mol. The van der Waals surface area contributed by atoms with Crippen LogP contribution >= 0.6 is 0 Å². The van der Waals surface area contributed by atoms with Gasteiger partial charge in [-0.3, -0.25) is 9.80 Å². The first kappa shape index (κ1) is 28.7. The first-order valence-electron chi connectivity index (χ1n) is 14.6. The number of fused-ring (bicyclic) bond motifs is 1. The summed E-state index contributed by atoms with van der Waals surface area (Å²) in [7, 11) is 1.94. The Morgan fingerprint density at radius 3 is 2.49 bits per heavy atom. The predicted molar refractivity (Wildman–Crippen MR) is 168 cm³/mol. The minimum atomic E-state index is -0.306. The predicted octanol–water partition coefficient (Wildman–Crippen LogP) is 4.87. The lowest BCUT2D eigenvalue weighted by molar-refractivity contribution is 0.235. The summed E-state index contributed by atoms with van der Waals surface area (Å²) in [4.78, 5) is 16.0. The Bertz CT molecular complexity index is 1390. The largest absolute Gasteiger partial charge is 0.390 e. The van der Waals surface area contributed by atoms with Crippen LogP contribution in [0, 0.1) is 5.41 Å². The molecule has 0 spiro atoms. The molecule has 8 nitrogen and oxygen atoms in total. The highest BCUT2D eigenvalue weighted by atomic mass is 19.1. The van der Waals surface area contributed by atoms with Crippen LogP contribution in [0.15, 0.2) is 61.1 Å². The van der Waals surface area contributed by atoms with Crippen LogP contribution in [0.3, 0.4) is 0 Å². The van der Waals surface area contributed by atoms with E-state index >= 15 is 0 Å². The molecule has 0 atom stereocenters. The minimum Gasteiger partial charge on any atom is -0.390 e. The Balaban J connectivity index is 1.31. The average Bonchev–Trinajstić information content (AvgIpc) is 3.02. The third-order valence-corrected chi connectivity index (χ3v) is 8.10. The van der Waals surface area contributed by atoms with Crippen molar-refractivity contribution in [3.8, 4) is 0 Å². The van der Waals surface area contributed by atoms with Crippen LogP contribution in [0.4, 0.5) is 16.0 Å². The molecule has 0 radical (unpaired) electrons. The van der Waals surface area contributed by atoms with Gasteiger partial charge in [0.1, 0.15) is 18.3 Å². The van der Waals surface area contributed by atoms with E-state index in [4.69, 9.17) is 5.41 Å². The number of likely N-dealkylation sites (tertiary alicyclic amines) is 1. The number of nitrogens with zero attached hydrogens (tertiary/aromatic N) is 5. The highest BCUT2D eigenvalue weighted by Gasteiger charge is 2.18. The van der Waals surface area contributed by atoms with Gasteiger partial charge in [0, 0.05) is 92.8 Å². The molecule has 41 heavy (non-hydrogen) atoms. The second-order valence-corrected chi connectivity index (χ2v) is 10.8. The zero-order valence-electron chi connectivity index (χ0n) is 24.0. The van der Waals surface area contributed by atoms with E-state index in [2.05, 4.69) is 60.1 Å². The first-order valence-corrected chi connectivity index (χ1v) is 14.6. The van der Waals surface area contributed by atoms with Crippen LogP contribution in [0.5, 0.6) is 0 Å². The number of halogens is 1. The maximum atomic E-state index is 12.7. The number of nitrogens with one attached hydrogen (secondary N) is 3. The Morgan fingerprint density at radius 1 is 0.951 bits per heavy atom. The molecule has 2 fully saturated rings. The second kappa shape index (κ2) is 13.7. The lowest BCUT2D eigenvalue weighted by Crippen LogP contribution is -2.47. The van der Waals surface area contributed by atoms with Crippen LogP contribution in [-0.2, 0) is 0 Å². The van der Waals surface area contributed by atoms with Gasteiger partial charge < -0.3 is 20.9 Å². The highest BCUT2D eigenvalue weighted by Crippen LogP contribution is 2.26. The van der Waals surface area contributed by atoms with E-state index in [1.54, 1.807) is 6.20 Å². The van der Waals surface area contributed by atoms with Crippen molar-refractivity contribution in [1.82, 2.24) is 25.1 Å². The number of pyridine rings is 2.